The molecular formula is C20H18FN5O2. The van der Waals surface area contributed by atoms with Gasteiger partial charge < -0.3 is 10.9 Å². The summed E-state index contributed by atoms with van der Waals surface area (Å²) in [4.78, 5) is 22.9. The van der Waals surface area contributed by atoms with E-state index in [0.29, 0.717) is 17.1 Å². The number of aromatic nitrogens is 4. The molecule has 1 aromatic carbocycles. The van der Waals surface area contributed by atoms with Crippen LogP contribution in [0, 0.1) is 19.7 Å². The van der Waals surface area contributed by atoms with Crippen LogP contribution in [-0.4, -0.2) is 30.7 Å². The van der Waals surface area contributed by atoms with Crippen molar-refractivity contribution in [2.75, 3.05) is 5.84 Å². The molecule has 3 aromatic heterocycles. The molecular weight excluding hydrogens is 361 g/mol. The van der Waals surface area contributed by atoms with E-state index in [9.17, 15) is 9.18 Å². The molecule has 0 fully saturated rings. The molecule has 0 spiro atoms. The number of nitrogen functional groups attached to an aromatic ring is 1. The smallest absolute Gasteiger partial charge is 0.339 e. The van der Waals surface area contributed by atoms with Gasteiger partial charge in [0.15, 0.2) is 5.82 Å². The van der Waals surface area contributed by atoms with Crippen LogP contribution in [0.4, 0.5) is 4.39 Å². The number of nitrogens with zero attached hydrogens (tertiary/aromatic N) is 4. The van der Waals surface area contributed by atoms with Gasteiger partial charge in [-0.15, -0.1) is 0 Å². The van der Waals surface area contributed by atoms with Crippen molar-refractivity contribution < 1.29 is 14.3 Å². The molecule has 7 nitrogen and oxygen atoms in total. The van der Waals surface area contributed by atoms with Gasteiger partial charge in [0.2, 0.25) is 0 Å². The maximum atomic E-state index is 13.0. The van der Waals surface area contributed by atoms with Gasteiger partial charge in [0.25, 0.3) is 0 Å². The summed E-state index contributed by atoms with van der Waals surface area (Å²) < 4.78 is 14.6. The third-order valence-electron chi connectivity index (χ3n) is 4.06. The lowest BCUT2D eigenvalue weighted by Crippen LogP contribution is -2.04. The molecule has 0 aliphatic carbocycles. The van der Waals surface area contributed by atoms with Gasteiger partial charge in [-0.25, -0.2) is 19.2 Å². The van der Waals surface area contributed by atoms with E-state index in [0.717, 1.165) is 16.6 Å². The lowest BCUT2D eigenvalue weighted by Gasteiger charge is -2.03. The highest BCUT2D eigenvalue weighted by Gasteiger charge is 2.11. The number of aryl methyl sites for hydroxylation is 2. The minimum absolute atomic E-state index is 0.0464. The lowest BCUT2D eigenvalue weighted by atomic mass is 10.2. The molecule has 4 aromatic rings. The Morgan fingerprint density at radius 3 is 2.61 bits per heavy atom. The summed E-state index contributed by atoms with van der Waals surface area (Å²) in [6.45, 7) is 3.58. The topological polar surface area (TPSA) is 107 Å². The number of carboxylic acids is 1. The van der Waals surface area contributed by atoms with Gasteiger partial charge in [-0.3, -0.25) is 9.66 Å². The number of rotatable bonds is 2. The number of nitrogens with two attached hydrogens (primary N) is 1. The van der Waals surface area contributed by atoms with Gasteiger partial charge >= 0.3 is 5.97 Å². The lowest BCUT2D eigenvalue weighted by molar-refractivity contribution is 0.0695. The van der Waals surface area contributed by atoms with Crippen LogP contribution >= 0.6 is 0 Å². The second-order valence-electron chi connectivity index (χ2n) is 6.10. The molecule has 0 unspecified atom stereocenters. The average molecular weight is 379 g/mol. The average Bonchev–Trinajstić information content (AvgIpc) is 2.96. The van der Waals surface area contributed by atoms with Crippen molar-refractivity contribution in [3.05, 3.63) is 77.6 Å². The van der Waals surface area contributed by atoms with E-state index in [1.807, 2.05) is 25.3 Å². The number of hydrogen-bond donors (Lipinski definition) is 2. The third-order valence-corrected chi connectivity index (χ3v) is 4.06. The molecule has 0 saturated carbocycles. The highest BCUT2D eigenvalue weighted by atomic mass is 19.1. The van der Waals surface area contributed by atoms with Crippen molar-refractivity contribution >= 4 is 17.0 Å². The Balaban J connectivity index is 0.000000176. The SMILES string of the molecule is Cc1cn(N)c2cccnc12.Cc1nc(-c2cccc(F)c2)ncc1C(=O)O. The second kappa shape index (κ2) is 7.83. The van der Waals surface area contributed by atoms with Crippen LogP contribution in [0.2, 0.25) is 0 Å². The Hall–Kier alpha value is -3.81. The quantitative estimate of drug-likeness (QED) is 0.517. The second-order valence-corrected chi connectivity index (χ2v) is 6.10. The van der Waals surface area contributed by atoms with Gasteiger partial charge in [0, 0.05) is 24.2 Å². The first-order valence-electron chi connectivity index (χ1n) is 8.37. The first-order chi connectivity index (χ1) is 13.4. The number of benzene rings is 1. The molecule has 0 amide bonds. The number of pyridine rings is 1. The Kier molecular flexibility index (Phi) is 5.30. The molecule has 142 valence electrons. The van der Waals surface area contributed by atoms with Gasteiger partial charge in [-0.2, -0.15) is 0 Å². The predicted molar refractivity (Wildman–Crippen MR) is 104 cm³/mol. The fourth-order valence-electron chi connectivity index (χ4n) is 2.69. The fraction of sp³-hybridized carbons (Fsp3) is 0.100. The van der Waals surface area contributed by atoms with E-state index in [-0.39, 0.29) is 11.4 Å². The van der Waals surface area contributed by atoms with Crippen molar-refractivity contribution in [1.29, 1.82) is 0 Å². The molecule has 0 radical (unpaired) electrons. The van der Waals surface area contributed by atoms with Gasteiger partial charge in [-0.05, 0) is 43.7 Å². The van der Waals surface area contributed by atoms with Gasteiger partial charge in [0.05, 0.1) is 22.3 Å². The minimum Gasteiger partial charge on any atom is -0.478 e. The van der Waals surface area contributed by atoms with Crippen molar-refractivity contribution in [1.82, 2.24) is 19.6 Å². The number of aromatic carboxylic acids is 1. The third kappa shape index (κ3) is 3.96. The van der Waals surface area contributed by atoms with E-state index in [4.69, 9.17) is 10.9 Å². The van der Waals surface area contributed by atoms with Crippen LogP contribution in [0.25, 0.3) is 22.4 Å². The molecule has 4 rings (SSSR count). The van der Waals surface area contributed by atoms with Crippen molar-refractivity contribution in [2.24, 2.45) is 0 Å². The summed E-state index contributed by atoms with van der Waals surface area (Å²) in [5.41, 5.74) is 3.99. The van der Waals surface area contributed by atoms with E-state index in [1.54, 1.807) is 29.9 Å². The number of carboxylic acid groups (broad SMARTS) is 1. The molecule has 8 heteroatoms. The number of hydrogen-bond acceptors (Lipinski definition) is 5. The number of halogens is 1. The Bertz CT molecular complexity index is 1120. The largest absolute Gasteiger partial charge is 0.478 e. The van der Waals surface area contributed by atoms with Crippen molar-refractivity contribution in [2.45, 2.75) is 13.8 Å². The first kappa shape index (κ1) is 19.0. The molecule has 0 aliphatic heterocycles. The highest BCUT2D eigenvalue weighted by molar-refractivity contribution is 5.88. The standard InChI is InChI=1S/C12H9FN2O2.C8H9N3/c1-7-10(12(16)17)6-14-11(15-7)8-3-2-4-9(13)5-8;1-6-5-11(9)7-3-2-4-10-8(6)7/h2-6H,1H3,(H,16,17);2-5H,9H2,1H3. The maximum Gasteiger partial charge on any atom is 0.339 e. The van der Waals surface area contributed by atoms with Crippen molar-refractivity contribution in [3.8, 4) is 11.4 Å². The summed E-state index contributed by atoms with van der Waals surface area (Å²) in [6.07, 6.45) is 4.87. The summed E-state index contributed by atoms with van der Waals surface area (Å²) in [5, 5.41) is 8.83. The Morgan fingerprint density at radius 1 is 1.18 bits per heavy atom. The molecule has 28 heavy (non-hydrogen) atoms. The summed E-state index contributed by atoms with van der Waals surface area (Å²) in [5.74, 6) is 4.51. The van der Waals surface area contributed by atoms with Crippen LogP contribution in [0.5, 0.6) is 0 Å². The van der Waals surface area contributed by atoms with Gasteiger partial charge in [0.1, 0.15) is 5.82 Å². The van der Waals surface area contributed by atoms with Crippen LogP contribution < -0.4 is 5.84 Å². The summed E-state index contributed by atoms with van der Waals surface area (Å²) in [6, 6.07) is 9.67. The van der Waals surface area contributed by atoms with E-state index < -0.39 is 5.97 Å². The zero-order valence-electron chi connectivity index (χ0n) is 15.3. The number of carbonyl (C=O) groups is 1. The highest BCUT2D eigenvalue weighted by Crippen LogP contribution is 2.17. The van der Waals surface area contributed by atoms with Crippen molar-refractivity contribution in [3.63, 3.8) is 0 Å². The molecule has 3 N–H and O–H groups in total. The number of fused-ring (bicyclic) bond motifs is 1. The maximum absolute atomic E-state index is 13.0. The molecule has 0 aliphatic rings. The molecule has 3 heterocycles. The van der Waals surface area contributed by atoms with E-state index in [1.165, 1.54) is 18.3 Å². The monoisotopic (exact) mass is 379 g/mol. The van der Waals surface area contributed by atoms with Crippen LogP contribution in [0.3, 0.4) is 0 Å². The molecule has 0 saturated heterocycles. The summed E-state index contributed by atoms with van der Waals surface area (Å²) >= 11 is 0. The van der Waals surface area contributed by atoms with Crippen LogP contribution in [0.1, 0.15) is 21.6 Å². The summed E-state index contributed by atoms with van der Waals surface area (Å²) in [7, 11) is 0. The predicted octanol–water partition coefficient (Wildman–Crippen LogP) is 3.35. The molecule has 0 atom stereocenters. The zero-order valence-corrected chi connectivity index (χ0v) is 15.3. The van der Waals surface area contributed by atoms with Crippen LogP contribution in [0.15, 0.2) is 55.0 Å². The Labute approximate surface area is 160 Å². The minimum atomic E-state index is -1.08. The molecule has 0 bridgehead atoms. The first-order valence-corrected chi connectivity index (χ1v) is 8.37. The van der Waals surface area contributed by atoms with E-state index in [2.05, 4.69) is 15.0 Å². The zero-order chi connectivity index (χ0) is 20.3. The normalized spacial score (nSPS) is 10.4. The fourth-order valence-corrected chi connectivity index (χ4v) is 2.69. The van der Waals surface area contributed by atoms with Crippen LogP contribution in [-0.2, 0) is 0 Å². The van der Waals surface area contributed by atoms with Gasteiger partial charge in [-0.1, -0.05) is 12.1 Å². The van der Waals surface area contributed by atoms with E-state index >= 15 is 0 Å². The Morgan fingerprint density at radius 2 is 1.96 bits per heavy atom.